The lowest BCUT2D eigenvalue weighted by molar-refractivity contribution is -0.124. The van der Waals surface area contributed by atoms with Crippen molar-refractivity contribution in [2.75, 3.05) is 5.73 Å². The van der Waals surface area contributed by atoms with E-state index in [9.17, 15) is 9.59 Å². The van der Waals surface area contributed by atoms with Crippen LogP contribution in [0.5, 0.6) is 0 Å². The van der Waals surface area contributed by atoms with E-state index in [2.05, 4.69) is 15.6 Å². The molecule has 6 heteroatoms. The highest BCUT2D eigenvalue weighted by Gasteiger charge is 2.22. The minimum atomic E-state index is -0.659. The van der Waals surface area contributed by atoms with Gasteiger partial charge in [0.2, 0.25) is 5.91 Å². The highest BCUT2D eigenvalue weighted by atomic mass is 16.2. The molecule has 0 bridgehead atoms. The molecule has 0 radical (unpaired) electrons. The van der Waals surface area contributed by atoms with Crippen molar-refractivity contribution in [2.24, 2.45) is 0 Å². The smallest absolute Gasteiger partial charge is 0.272 e. The van der Waals surface area contributed by atoms with Gasteiger partial charge in [-0.1, -0.05) is 0 Å². The maximum atomic E-state index is 11.9. The van der Waals surface area contributed by atoms with Gasteiger partial charge in [-0.15, -0.1) is 0 Å². The number of hydrogen-bond donors (Lipinski definition) is 3. The zero-order valence-electron chi connectivity index (χ0n) is 11.7. The summed E-state index contributed by atoms with van der Waals surface area (Å²) in [6, 6.07) is 2.57. The van der Waals surface area contributed by atoms with E-state index in [1.807, 2.05) is 20.8 Å². The summed E-state index contributed by atoms with van der Waals surface area (Å²) in [5.41, 5.74) is 5.71. The zero-order valence-corrected chi connectivity index (χ0v) is 11.7. The molecule has 19 heavy (non-hydrogen) atoms. The van der Waals surface area contributed by atoms with Crippen molar-refractivity contribution >= 4 is 17.5 Å². The summed E-state index contributed by atoms with van der Waals surface area (Å²) in [6.07, 6.45) is 1.48. The number of aromatic nitrogens is 1. The molecule has 0 aliphatic carbocycles. The number of anilines is 1. The van der Waals surface area contributed by atoms with Crippen LogP contribution in [0.15, 0.2) is 18.3 Å². The second-order valence-corrected chi connectivity index (χ2v) is 5.38. The molecule has 0 saturated heterocycles. The molecule has 0 saturated carbocycles. The maximum absolute atomic E-state index is 11.9. The van der Waals surface area contributed by atoms with Crippen LogP contribution in [0.4, 0.5) is 5.69 Å². The first-order valence-corrected chi connectivity index (χ1v) is 6.04. The Labute approximate surface area is 112 Å². The largest absolute Gasteiger partial charge is 0.397 e. The molecule has 0 aliphatic rings. The molecular weight excluding hydrogens is 244 g/mol. The lowest BCUT2D eigenvalue weighted by Gasteiger charge is -2.23. The van der Waals surface area contributed by atoms with Gasteiger partial charge in [0.05, 0.1) is 5.69 Å². The average Bonchev–Trinajstić information content (AvgIpc) is 2.27. The predicted octanol–water partition coefficient (Wildman–Crippen LogP) is 0.697. The van der Waals surface area contributed by atoms with Crippen LogP contribution in [0.25, 0.3) is 0 Å². The molecule has 1 rings (SSSR count). The molecule has 104 valence electrons. The first-order valence-electron chi connectivity index (χ1n) is 6.04. The molecule has 1 atom stereocenters. The zero-order chi connectivity index (χ0) is 14.6. The monoisotopic (exact) mass is 264 g/mol. The summed E-state index contributed by atoms with van der Waals surface area (Å²) in [7, 11) is 0. The molecule has 0 fully saturated rings. The number of amides is 2. The van der Waals surface area contributed by atoms with Crippen molar-refractivity contribution in [1.29, 1.82) is 0 Å². The molecule has 1 aromatic rings. The Balaban J connectivity index is 2.67. The highest BCUT2D eigenvalue weighted by Crippen LogP contribution is 2.07. The van der Waals surface area contributed by atoms with Gasteiger partial charge < -0.3 is 16.4 Å². The number of rotatable bonds is 3. The van der Waals surface area contributed by atoms with Crippen molar-refractivity contribution in [1.82, 2.24) is 15.6 Å². The fourth-order valence-electron chi connectivity index (χ4n) is 1.42. The molecule has 0 aromatic carbocycles. The van der Waals surface area contributed by atoms with Crippen molar-refractivity contribution in [3.63, 3.8) is 0 Å². The number of hydrogen-bond acceptors (Lipinski definition) is 4. The van der Waals surface area contributed by atoms with E-state index in [-0.39, 0.29) is 22.8 Å². The quantitative estimate of drug-likeness (QED) is 0.748. The Bertz CT molecular complexity index is 480. The minimum Gasteiger partial charge on any atom is -0.397 e. The van der Waals surface area contributed by atoms with Crippen molar-refractivity contribution in [3.8, 4) is 0 Å². The van der Waals surface area contributed by atoms with E-state index in [1.54, 1.807) is 19.1 Å². The van der Waals surface area contributed by atoms with Gasteiger partial charge in [-0.2, -0.15) is 0 Å². The Kier molecular flexibility index (Phi) is 4.47. The summed E-state index contributed by atoms with van der Waals surface area (Å²) in [6.45, 7) is 7.22. The maximum Gasteiger partial charge on any atom is 0.272 e. The normalized spacial score (nSPS) is 12.6. The van der Waals surface area contributed by atoms with Crippen molar-refractivity contribution < 1.29 is 9.59 Å². The van der Waals surface area contributed by atoms with Crippen molar-refractivity contribution in [3.05, 3.63) is 24.0 Å². The SMILES string of the molecule is CC(NC(=O)c1ncccc1N)C(=O)NC(C)(C)C. The van der Waals surface area contributed by atoms with E-state index < -0.39 is 11.9 Å². The highest BCUT2D eigenvalue weighted by molar-refractivity contribution is 5.99. The van der Waals surface area contributed by atoms with E-state index in [4.69, 9.17) is 5.73 Å². The molecular formula is C13H20N4O2. The van der Waals surface area contributed by atoms with Gasteiger partial charge >= 0.3 is 0 Å². The van der Waals surface area contributed by atoms with Gasteiger partial charge in [-0.05, 0) is 39.8 Å². The second-order valence-electron chi connectivity index (χ2n) is 5.38. The van der Waals surface area contributed by atoms with E-state index in [0.29, 0.717) is 0 Å². The first kappa shape index (κ1) is 14.9. The summed E-state index contributed by atoms with van der Waals surface area (Å²) >= 11 is 0. The number of pyridine rings is 1. The van der Waals surface area contributed by atoms with E-state index in [1.165, 1.54) is 6.20 Å². The van der Waals surface area contributed by atoms with Crippen LogP contribution in [-0.2, 0) is 4.79 Å². The standard InChI is InChI=1S/C13H20N4O2/c1-8(11(18)17-13(2,3)4)16-12(19)10-9(14)6-5-7-15-10/h5-8H,14H2,1-4H3,(H,16,19)(H,17,18). The average molecular weight is 264 g/mol. The Hall–Kier alpha value is -2.11. The first-order chi connectivity index (χ1) is 8.70. The van der Waals surface area contributed by atoms with E-state index in [0.717, 1.165) is 0 Å². The predicted molar refractivity (Wildman–Crippen MR) is 73.5 cm³/mol. The molecule has 6 nitrogen and oxygen atoms in total. The molecule has 4 N–H and O–H groups in total. The molecule has 2 amide bonds. The third-order valence-electron chi connectivity index (χ3n) is 2.29. The summed E-state index contributed by atoms with van der Waals surface area (Å²) in [5, 5.41) is 5.35. The van der Waals surface area contributed by atoms with E-state index >= 15 is 0 Å². The summed E-state index contributed by atoms with van der Waals surface area (Å²) in [4.78, 5) is 27.6. The number of nitrogen functional groups attached to an aromatic ring is 1. The van der Waals surface area contributed by atoms with Gasteiger partial charge in [0.25, 0.3) is 5.91 Å². The van der Waals surface area contributed by atoms with Crippen LogP contribution in [0.1, 0.15) is 38.2 Å². The van der Waals surface area contributed by atoms with Gasteiger partial charge in [-0.25, -0.2) is 4.98 Å². The fourth-order valence-corrected chi connectivity index (χ4v) is 1.42. The Morgan fingerprint density at radius 3 is 2.53 bits per heavy atom. The fraction of sp³-hybridized carbons (Fsp3) is 0.462. The number of carbonyl (C=O) groups is 2. The van der Waals surface area contributed by atoms with Gasteiger partial charge in [-0.3, -0.25) is 9.59 Å². The summed E-state index contributed by atoms with van der Waals surface area (Å²) < 4.78 is 0. The molecule has 0 spiro atoms. The van der Waals surface area contributed by atoms with Gasteiger partial charge in [0.15, 0.2) is 5.69 Å². The molecule has 1 unspecified atom stereocenters. The number of nitrogens with two attached hydrogens (primary N) is 1. The van der Waals surface area contributed by atoms with Crippen LogP contribution in [0.3, 0.4) is 0 Å². The number of nitrogens with one attached hydrogen (secondary N) is 2. The third-order valence-corrected chi connectivity index (χ3v) is 2.29. The molecule has 0 aliphatic heterocycles. The van der Waals surface area contributed by atoms with Crippen LogP contribution < -0.4 is 16.4 Å². The van der Waals surface area contributed by atoms with Crippen molar-refractivity contribution in [2.45, 2.75) is 39.3 Å². The van der Waals surface area contributed by atoms with Gasteiger partial charge in [0, 0.05) is 11.7 Å². The summed E-state index contributed by atoms with van der Waals surface area (Å²) in [5.74, 6) is -0.718. The number of carbonyl (C=O) groups excluding carboxylic acids is 2. The van der Waals surface area contributed by atoms with Crippen LogP contribution in [0.2, 0.25) is 0 Å². The van der Waals surface area contributed by atoms with Crippen LogP contribution in [-0.4, -0.2) is 28.4 Å². The lowest BCUT2D eigenvalue weighted by Crippen LogP contribution is -2.51. The van der Waals surface area contributed by atoms with Gasteiger partial charge in [0.1, 0.15) is 6.04 Å². The minimum absolute atomic E-state index is 0.123. The number of nitrogens with zero attached hydrogens (tertiary/aromatic N) is 1. The van der Waals surface area contributed by atoms with Crippen LogP contribution in [0, 0.1) is 0 Å². The third kappa shape index (κ3) is 4.57. The second kappa shape index (κ2) is 5.69. The van der Waals surface area contributed by atoms with Crippen LogP contribution >= 0.6 is 0 Å². The topological polar surface area (TPSA) is 97.1 Å². The molecule has 1 heterocycles. The molecule has 1 aromatic heterocycles. The lowest BCUT2D eigenvalue weighted by atomic mass is 10.1. The Morgan fingerprint density at radius 2 is 2.00 bits per heavy atom. The Morgan fingerprint density at radius 1 is 1.37 bits per heavy atom.